The maximum Gasteiger partial charge on any atom is 0.264 e. The van der Waals surface area contributed by atoms with Crippen molar-refractivity contribution in [2.75, 3.05) is 11.4 Å². The highest BCUT2D eigenvalue weighted by Gasteiger charge is 2.40. The Morgan fingerprint density at radius 2 is 1.71 bits per heavy atom. The van der Waals surface area contributed by atoms with Crippen LogP contribution in [0.25, 0.3) is 0 Å². The Labute approximate surface area is 218 Å². The summed E-state index contributed by atoms with van der Waals surface area (Å²) in [7, 11) is 0. The summed E-state index contributed by atoms with van der Waals surface area (Å²) in [6.07, 6.45) is 1.15. The van der Waals surface area contributed by atoms with Crippen LogP contribution in [0.4, 0.5) is 5.69 Å². The van der Waals surface area contributed by atoms with E-state index < -0.39 is 11.2 Å². The monoisotopic (exact) mass is 545 g/mol. The van der Waals surface area contributed by atoms with Crippen molar-refractivity contribution in [2.45, 2.75) is 25.0 Å². The molecule has 7 heteroatoms. The average molecular weight is 546 g/mol. The largest absolute Gasteiger partial charge is 0.351 e. The van der Waals surface area contributed by atoms with Crippen LogP contribution in [0.3, 0.4) is 0 Å². The highest BCUT2D eigenvalue weighted by atomic mass is 79.9. The molecule has 0 aliphatic carbocycles. The number of amides is 2. The fourth-order valence-corrected chi connectivity index (χ4v) is 5.38. The summed E-state index contributed by atoms with van der Waals surface area (Å²) in [5, 5.41) is 12.7. The fourth-order valence-electron chi connectivity index (χ4n) is 3.80. The van der Waals surface area contributed by atoms with Crippen LogP contribution in [0.1, 0.15) is 16.7 Å². The second-order valence-electron chi connectivity index (χ2n) is 8.23. The van der Waals surface area contributed by atoms with Gasteiger partial charge in [0.05, 0.1) is 5.25 Å². The maximum absolute atomic E-state index is 13.5. The molecule has 3 aromatic rings. The van der Waals surface area contributed by atoms with Gasteiger partial charge >= 0.3 is 0 Å². The van der Waals surface area contributed by atoms with Crippen molar-refractivity contribution in [2.24, 2.45) is 0 Å². The van der Waals surface area contributed by atoms with Gasteiger partial charge < -0.3 is 5.32 Å². The Balaban J connectivity index is 1.61. The topological polar surface area (TPSA) is 73.2 Å². The fraction of sp³-hybridized carbons (Fsp3) is 0.179. The number of aryl methyl sites for hydroxylation is 1. The summed E-state index contributed by atoms with van der Waals surface area (Å²) in [6, 6.07) is 27.2. The van der Waals surface area contributed by atoms with Gasteiger partial charge in [-0.2, -0.15) is 5.26 Å². The first-order chi connectivity index (χ1) is 17.0. The molecule has 0 aromatic heterocycles. The third kappa shape index (κ3) is 6.02. The number of rotatable bonds is 7. The van der Waals surface area contributed by atoms with E-state index in [1.807, 2.05) is 85.8 Å². The molecule has 0 spiro atoms. The Hall–Kier alpha value is -3.34. The van der Waals surface area contributed by atoms with E-state index in [9.17, 15) is 14.9 Å². The van der Waals surface area contributed by atoms with E-state index in [-0.39, 0.29) is 11.5 Å². The van der Waals surface area contributed by atoms with E-state index in [1.54, 1.807) is 0 Å². The first-order valence-electron chi connectivity index (χ1n) is 11.2. The Bertz CT molecular complexity index is 1280. The standard InChI is InChI=1S/C28H24BrN3O2S/c1-19-7-13-23(14-8-19)32-27(34)25(17-21-9-11-22(29)12-10-21)35-28(32)24(18-30)26(33)31-16-15-20-5-3-2-4-6-20/h2-14,25H,15-17H2,1H3,(H,31,33)/b28-24-/t25-/m0/s1. The van der Waals surface area contributed by atoms with Gasteiger partial charge in [-0.1, -0.05) is 87.9 Å². The molecule has 0 radical (unpaired) electrons. The van der Waals surface area contributed by atoms with Crippen molar-refractivity contribution in [1.29, 1.82) is 5.26 Å². The lowest BCUT2D eigenvalue weighted by Gasteiger charge is -2.19. The quantitative estimate of drug-likeness (QED) is 0.312. The van der Waals surface area contributed by atoms with Crippen molar-refractivity contribution in [3.05, 3.63) is 111 Å². The molecule has 1 atom stereocenters. The molecule has 2 amide bonds. The first kappa shape index (κ1) is 24.8. The smallest absolute Gasteiger partial charge is 0.264 e. The van der Waals surface area contributed by atoms with Crippen molar-refractivity contribution in [3.63, 3.8) is 0 Å². The SMILES string of the molecule is Cc1ccc(N2C(=O)[C@H](Cc3ccc(Br)cc3)S/C2=C(/C#N)C(=O)NCCc2ccccc2)cc1. The number of nitriles is 1. The van der Waals surface area contributed by atoms with Crippen LogP contribution in [-0.2, 0) is 22.4 Å². The second-order valence-corrected chi connectivity index (χ2v) is 10.3. The van der Waals surface area contributed by atoms with Gasteiger partial charge in [-0.25, -0.2) is 0 Å². The molecule has 3 aromatic carbocycles. The van der Waals surface area contributed by atoms with Gasteiger partial charge in [0.2, 0.25) is 5.91 Å². The zero-order valence-corrected chi connectivity index (χ0v) is 21.6. The number of anilines is 1. The van der Waals surface area contributed by atoms with Gasteiger partial charge in [0.25, 0.3) is 5.91 Å². The number of nitrogens with one attached hydrogen (secondary N) is 1. The predicted molar refractivity (Wildman–Crippen MR) is 144 cm³/mol. The normalized spacial score (nSPS) is 16.7. The van der Waals surface area contributed by atoms with Crippen LogP contribution in [0.5, 0.6) is 0 Å². The lowest BCUT2D eigenvalue weighted by atomic mass is 10.1. The molecule has 1 saturated heterocycles. The lowest BCUT2D eigenvalue weighted by molar-refractivity contribution is -0.117. The lowest BCUT2D eigenvalue weighted by Crippen LogP contribution is -2.32. The Kier molecular flexibility index (Phi) is 8.06. The van der Waals surface area contributed by atoms with E-state index in [0.29, 0.717) is 30.1 Å². The molecule has 5 nitrogen and oxygen atoms in total. The molecule has 35 heavy (non-hydrogen) atoms. The van der Waals surface area contributed by atoms with E-state index in [1.165, 1.54) is 16.7 Å². The molecule has 0 unspecified atom stereocenters. The predicted octanol–water partition coefficient (Wildman–Crippen LogP) is 5.54. The van der Waals surface area contributed by atoms with Crippen LogP contribution < -0.4 is 10.2 Å². The number of hydrogen-bond acceptors (Lipinski definition) is 4. The third-order valence-corrected chi connectivity index (χ3v) is 7.47. The Morgan fingerprint density at radius 3 is 2.37 bits per heavy atom. The van der Waals surface area contributed by atoms with Crippen molar-refractivity contribution < 1.29 is 9.59 Å². The van der Waals surface area contributed by atoms with Gasteiger partial charge in [-0.3, -0.25) is 14.5 Å². The molecule has 4 rings (SSSR count). The number of nitrogens with zero attached hydrogens (tertiary/aromatic N) is 2. The highest BCUT2D eigenvalue weighted by molar-refractivity contribution is 9.10. The van der Waals surface area contributed by atoms with Gasteiger partial charge in [-0.05, 0) is 55.2 Å². The molecule has 0 saturated carbocycles. The molecular formula is C28H24BrN3O2S. The van der Waals surface area contributed by atoms with Crippen LogP contribution in [0, 0.1) is 18.3 Å². The van der Waals surface area contributed by atoms with Gasteiger partial charge in [0.15, 0.2) is 0 Å². The van der Waals surface area contributed by atoms with E-state index >= 15 is 0 Å². The molecule has 176 valence electrons. The van der Waals surface area contributed by atoms with Crippen LogP contribution in [0.2, 0.25) is 0 Å². The molecule has 1 fully saturated rings. The number of carbonyl (C=O) groups excluding carboxylic acids is 2. The molecule has 1 aliphatic heterocycles. The summed E-state index contributed by atoms with van der Waals surface area (Å²) in [5.74, 6) is -0.609. The van der Waals surface area contributed by atoms with E-state index in [4.69, 9.17) is 0 Å². The summed E-state index contributed by atoms with van der Waals surface area (Å²) in [6.45, 7) is 2.37. The molecular weight excluding hydrogens is 522 g/mol. The van der Waals surface area contributed by atoms with Crippen LogP contribution >= 0.6 is 27.7 Å². The van der Waals surface area contributed by atoms with Gasteiger partial charge in [-0.15, -0.1) is 0 Å². The average Bonchev–Trinajstić information content (AvgIpc) is 3.17. The van der Waals surface area contributed by atoms with Gasteiger partial charge in [0.1, 0.15) is 16.7 Å². The van der Waals surface area contributed by atoms with Crippen molar-refractivity contribution in [1.82, 2.24) is 5.32 Å². The summed E-state index contributed by atoms with van der Waals surface area (Å²) in [5.41, 5.74) is 3.76. The zero-order chi connectivity index (χ0) is 24.8. The second kappa shape index (κ2) is 11.4. The number of hydrogen-bond donors (Lipinski definition) is 1. The van der Waals surface area contributed by atoms with Crippen molar-refractivity contribution in [3.8, 4) is 6.07 Å². The minimum atomic E-state index is -0.472. The molecule has 0 bridgehead atoms. The number of carbonyl (C=O) groups is 2. The number of benzene rings is 3. The molecule has 1 N–H and O–H groups in total. The van der Waals surface area contributed by atoms with Gasteiger partial charge in [0, 0.05) is 16.7 Å². The number of halogens is 1. The minimum absolute atomic E-state index is 0.0460. The summed E-state index contributed by atoms with van der Waals surface area (Å²) < 4.78 is 0.965. The summed E-state index contributed by atoms with van der Waals surface area (Å²) >= 11 is 4.71. The Morgan fingerprint density at radius 1 is 1.03 bits per heavy atom. The van der Waals surface area contributed by atoms with Crippen molar-refractivity contribution >= 4 is 45.2 Å². The minimum Gasteiger partial charge on any atom is -0.351 e. The third-order valence-electron chi connectivity index (χ3n) is 5.67. The molecule has 1 aliphatic rings. The zero-order valence-electron chi connectivity index (χ0n) is 19.2. The maximum atomic E-state index is 13.5. The summed E-state index contributed by atoms with van der Waals surface area (Å²) in [4.78, 5) is 28.1. The van der Waals surface area contributed by atoms with E-state index in [2.05, 4.69) is 27.3 Å². The van der Waals surface area contributed by atoms with Crippen LogP contribution in [0.15, 0.2) is 93.9 Å². The van der Waals surface area contributed by atoms with Crippen LogP contribution in [-0.4, -0.2) is 23.6 Å². The highest BCUT2D eigenvalue weighted by Crippen LogP contribution is 2.42. The molecule has 1 heterocycles. The van der Waals surface area contributed by atoms with E-state index in [0.717, 1.165) is 21.2 Å². The number of thioether (sulfide) groups is 1. The first-order valence-corrected chi connectivity index (χ1v) is 12.9.